The largest absolute Gasteiger partial charge is 0.355 e. The van der Waals surface area contributed by atoms with Gasteiger partial charge in [-0.2, -0.15) is 0 Å². The first-order valence-electron chi connectivity index (χ1n) is 8.11. The van der Waals surface area contributed by atoms with Crippen LogP contribution in [0.5, 0.6) is 0 Å². The molecule has 1 saturated heterocycles. The van der Waals surface area contributed by atoms with Gasteiger partial charge in [0.25, 0.3) is 0 Å². The number of hydrogen-bond acceptors (Lipinski definition) is 4. The molecule has 4 rings (SSSR count). The highest BCUT2D eigenvalue weighted by atomic mass is 32.2. The Kier molecular flexibility index (Phi) is 3.54. The first-order chi connectivity index (χ1) is 10.7. The number of rotatable bonds is 3. The van der Waals surface area contributed by atoms with E-state index < -0.39 is 0 Å². The molecular formula is C18H23N3S. The number of thioether (sulfide) groups is 1. The van der Waals surface area contributed by atoms with E-state index in [1.54, 1.807) is 11.8 Å². The summed E-state index contributed by atoms with van der Waals surface area (Å²) >= 11 is 1.77. The third-order valence-corrected chi connectivity index (χ3v) is 5.90. The van der Waals surface area contributed by atoms with Crippen LogP contribution in [-0.2, 0) is 0 Å². The number of benzene rings is 1. The summed E-state index contributed by atoms with van der Waals surface area (Å²) in [5.41, 5.74) is 8.78. The van der Waals surface area contributed by atoms with Crippen molar-refractivity contribution in [3.05, 3.63) is 29.8 Å². The van der Waals surface area contributed by atoms with Crippen molar-refractivity contribution in [2.45, 2.75) is 30.7 Å². The molecule has 2 aromatic rings. The molecule has 2 fully saturated rings. The molecule has 1 aromatic heterocycles. The molecule has 0 radical (unpaired) electrons. The Bertz CT molecular complexity index is 711. The molecule has 0 amide bonds. The average molecular weight is 313 g/mol. The maximum atomic E-state index is 6.37. The highest BCUT2D eigenvalue weighted by Gasteiger charge is 2.41. The maximum Gasteiger partial charge on any atom is 0.129 e. The highest BCUT2D eigenvalue weighted by Crippen LogP contribution is 2.41. The molecule has 1 aromatic carbocycles. The monoisotopic (exact) mass is 313 g/mol. The van der Waals surface area contributed by atoms with Gasteiger partial charge in [0.1, 0.15) is 5.82 Å². The molecule has 2 atom stereocenters. The minimum Gasteiger partial charge on any atom is -0.355 e. The molecule has 0 bridgehead atoms. The number of nitrogens with zero attached hydrogens (tertiary/aromatic N) is 2. The van der Waals surface area contributed by atoms with Crippen LogP contribution in [0.4, 0.5) is 5.82 Å². The number of hydrogen-bond donors (Lipinski definition) is 1. The van der Waals surface area contributed by atoms with Gasteiger partial charge >= 0.3 is 0 Å². The van der Waals surface area contributed by atoms with Crippen LogP contribution in [0, 0.1) is 18.8 Å². The van der Waals surface area contributed by atoms with E-state index in [1.807, 2.05) is 0 Å². The minimum atomic E-state index is 0.308. The van der Waals surface area contributed by atoms with Gasteiger partial charge in [-0.3, -0.25) is 0 Å². The van der Waals surface area contributed by atoms with Crippen molar-refractivity contribution in [2.75, 3.05) is 24.2 Å². The lowest BCUT2D eigenvalue weighted by molar-refractivity contribution is 0.456. The molecule has 2 heterocycles. The number of nitrogens with two attached hydrogens (primary N) is 1. The SMILES string of the molecule is CSc1ccc2c(C)cc(N3C[C@@H](N)[C@H](C4CC4)C3)nc2c1. The molecule has 4 heteroatoms. The van der Waals surface area contributed by atoms with Gasteiger partial charge in [0, 0.05) is 29.4 Å². The Hall–Kier alpha value is -1.26. The van der Waals surface area contributed by atoms with E-state index in [9.17, 15) is 0 Å². The van der Waals surface area contributed by atoms with Gasteiger partial charge in [-0.25, -0.2) is 4.98 Å². The molecular weight excluding hydrogens is 290 g/mol. The van der Waals surface area contributed by atoms with Gasteiger partial charge in [-0.1, -0.05) is 6.07 Å². The minimum absolute atomic E-state index is 0.308. The summed E-state index contributed by atoms with van der Waals surface area (Å²) in [5.74, 6) is 2.63. The zero-order valence-electron chi connectivity index (χ0n) is 13.2. The van der Waals surface area contributed by atoms with Crippen molar-refractivity contribution in [3.63, 3.8) is 0 Å². The van der Waals surface area contributed by atoms with E-state index in [4.69, 9.17) is 10.7 Å². The maximum absolute atomic E-state index is 6.37. The molecule has 3 nitrogen and oxygen atoms in total. The van der Waals surface area contributed by atoms with Crippen molar-refractivity contribution in [3.8, 4) is 0 Å². The summed E-state index contributed by atoms with van der Waals surface area (Å²) in [6, 6.07) is 9.10. The Morgan fingerprint density at radius 3 is 2.77 bits per heavy atom. The molecule has 116 valence electrons. The first kappa shape index (κ1) is 14.3. The summed E-state index contributed by atoms with van der Waals surface area (Å²) in [4.78, 5) is 8.60. The second kappa shape index (κ2) is 5.43. The summed E-state index contributed by atoms with van der Waals surface area (Å²) in [5, 5.41) is 1.25. The van der Waals surface area contributed by atoms with Gasteiger partial charge in [0.05, 0.1) is 5.52 Å². The van der Waals surface area contributed by atoms with Crippen molar-refractivity contribution >= 4 is 28.5 Å². The van der Waals surface area contributed by atoms with Gasteiger partial charge in [0.15, 0.2) is 0 Å². The third-order valence-electron chi connectivity index (χ3n) is 5.17. The molecule has 0 unspecified atom stereocenters. The molecule has 1 aliphatic heterocycles. The Morgan fingerprint density at radius 2 is 2.05 bits per heavy atom. The summed E-state index contributed by atoms with van der Waals surface area (Å²) in [6.45, 7) is 4.20. The first-order valence-corrected chi connectivity index (χ1v) is 9.34. The van der Waals surface area contributed by atoms with Gasteiger partial charge in [-0.15, -0.1) is 11.8 Å². The third kappa shape index (κ3) is 2.48. The molecule has 2 N–H and O–H groups in total. The summed E-state index contributed by atoms with van der Waals surface area (Å²) < 4.78 is 0. The number of aryl methyl sites for hydroxylation is 1. The number of pyridine rings is 1. The van der Waals surface area contributed by atoms with Crippen molar-refractivity contribution in [2.24, 2.45) is 17.6 Å². The van der Waals surface area contributed by atoms with E-state index in [0.717, 1.165) is 30.3 Å². The van der Waals surface area contributed by atoms with Crippen LogP contribution < -0.4 is 10.6 Å². The van der Waals surface area contributed by atoms with Crippen LogP contribution in [0.25, 0.3) is 10.9 Å². The summed E-state index contributed by atoms with van der Waals surface area (Å²) in [6.07, 6.45) is 4.85. The van der Waals surface area contributed by atoms with Crippen LogP contribution in [-0.4, -0.2) is 30.4 Å². The molecule has 0 spiro atoms. The Balaban J connectivity index is 1.69. The van der Waals surface area contributed by atoms with Crippen LogP contribution in [0.15, 0.2) is 29.2 Å². The second-order valence-electron chi connectivity index (χ2n) is 6.75. The fourth-order valence-electron chi connectivity index (χ4n) is 3.72. The van der Waals surface area contributed by atoms with Crippen LogP contribution in [0.2, 0.25) is 0 Å². The van der Waals surface area contributed by atoms with Gasteiger partial charge in [0.2, 0.25) is 0 Å². The topological polar surface area (TPSA) is 42.1 Å². The fraction of sp³-hybridized carbons (Fsp3) is 0.500. The average Bonchev–Trinajstić information content (AvgIpc) is 3.29. The van der Waals surface area contributed by atoms with Crippen LogP contribution in [0.1, 0.15) is 18.4 Å². The summed E-state index contributed by atoms with van der Waals surface area (Å²) in [7, 11) is 0. The van der Waals surface area contributed by atoms with Gasteiger partial charge in [-0.05, 0) is 61.6 Å². The smallest absolute Gasteiger partial charge is 0.129 e. The molecule has 2 aliphatic rings. The molecule has 22 heavy (non-hydrogen) atoms. The predicted octanol–water partition coefficient (Wildman–Crippen LogP) is 3.44. The van der Waals surface area contributed by atoms with Crippen LogP contribution >= 0.6 is 11.8 Å². The lowest BCUT2D eigenvalue weighted by atomic mass is 9.99. The van der Waals surface area contributed by atoms with E-state index in [-0.39, 0.29) is 0 Å². The molecule has 1 saturated carbocycles. The normalized spacial score (nSPS) is 25.1. The lowest BCUT2D eigenvalue weighted by Gasteiger charge is -2.19. The van der Waals surface area contributed by atoms with Crippen molar-refractivity contribution in [1.82, 2.24) is 4.98 Å². The van der Waals surface area contributed by atoms with Gasteiger partial charge < -0.3 is 10.6 Å². The quantitative estimate of drug-likeness (QED) is 0.882. The van der Waals surface area contributed by atoms with E-state index >= 15 is 0 Å². The zero-order chi connectivity index (χ0) is 15.3. The lowest BCUT2D eigenvalue weighted by Crippen LogP contribution is -2.30. The highest BCUT2D eigenvalue weighted by molar-refractivity contribution is 7.98. The van der Waals surface area contributed by atoms with E-state index in [2.05, 4.69) is 42.3 Å². The van der Waals surface area contributed by atoms with Crippen LogP contribution in [0.3, 0.4) is 0 Å². The fourth-order valence-corrected chi connectivity index (χ4v) is 4.15. The van der Waals surface area contributed by atoms with Crippen molar-refractivity contribution in [1.29, 1.82) is 0 Å². The standard InChI is InChI=1S/C18H23N3S/c1-11-7-18(20-17-8-13(22-2)5-6-14(11)17)21-9-15(12-3-4-12)16(19)10-21/h5-8,12,15-16H,3-4,9-10,19H2,1-2H3/t15-,16+/m0/s1. The second-order valence-corrected chi connectivity index (χ2v) is 7.63. The zero-order valence-corrected chi connectivity index (χ0v) is 14.1. The number of aromatic nitrogens is 1. The van der Waals surface area contributed by atoms with Crippen molar-refractivity contribution < 1.29 is 0 Å². The number of anilines is 1. The number of fused-ring (bicyclic) bond motifs is 1. The molecule has 1 aliphatic carbocycles. The Morgan fingerprint density at radius 1 is 1.23 bits per heavy atom. The van der Waals surface area contributed by atoms with E-state index in [1.165, 1.54) is 28.7 Å². The predicted molar refractivity (Wildman–Crippen MR) is 94.7 cm³/mol. The Labute approximate surface area is 136 Å². The van der Waals surface area contributed by atoms with E-state index in [0.29, 0.717) is 12.0 Å².